The summed E-state index contributed by atoms with van der Waals surface area (Å²) in [6.45, 7) is 0. The average molecular weight is 326 g/mol. The molecular weight excluding hydrogens is 317 g/mol. The third-order valence-corrected chi connectivity index (χ3v) is 3.90. The quantitative estimate of drug-likeness (QED) is 0.707. The van der Waals surface area contributed by atoms with Gasteiger partial charge in [-0.25, -0.2) is 12.8 Å². The number of aliphatic carboxylic acids is 2. The second-order valence-corrected chi connectivity index (χ2v) is 5.80. The Morgan fingerprint density at radius 2 is 1.95 bits per heavy atom. The van der Waals surface area contributed by atoms with E-state index in [1.165, 1.54) is 0 Å². The van der Waals surface area contributed by atoms with E-state index in [-0.39, 0.29) is 5.02 Å². The molecule has 20 heavy (non-hydrogen) atoms. The fourth-order valence-corrected chi connectivity index (χ4v) is 2.71. The van der Waals surface area contributed by atoms with Crippen LogP contribution in [0.15, 0.2) is 23.1 Å². The van der Waals surface area contributed by atoms with Crippen molar-refractivity contribution in [1.29, 1.82) is 0 Å². The first-order valence-corrected chi connectivity index (χ1v) is 6.91. The van der Waals surface area contributed by atoms with Gasteiger partial charge < -0.3 is 10.2 Å². The topological polar surface area (TPSA) is 121 Å². The normalized spacial score (nSPS) is 12.9. The molecule has 1 aromatic carbocycles. The van der Waals surface area contributed by atoms with Gasteiger partial charge in [0.1, 0.15) is 16.8 Å². The Morgan fingerprint density at radius 3 is 2.40 bits per heavy atom. The first-order chi connectivity index (χ1) is 9.13. The number of hydrogen-bond acceptors (Lipinski definition) is 4. The van der Waals surface area contributed by atoms with Gasteiger partial charge in [-0.1, -0.05) is 11.6 Å². The van der Waals surface area contributed by atoms with Crippen LogP contribution >= 0.6 is 11.6 Å². The third-order valence-electron chi connectivity index (χ3n) is 2.16. The zero-order valence-corrected chi connectivity index (χ0v) is 11.3. The summed E-state index contributed by atoms with van der Waals surface area (Å²) in [5.41, 5.74) is 0. The number of rotatable bonds is 6. The van der Waals surface area contributed by atoms with E-state index in [9.17, 15) is 22.4 Å². The molecule has 0 spiro atoms. The summed E-state index contributed by atoms with van der Waals surface area (Å²) in [7, 11) is -4.53. The summed E-state index contributed by atoms with van der Waals surface area (Å²) in [5, 5.41) is 17.2. The van der Waals surface area contributed by atoms with Crippen LogP contribution in [0.5, 0.6) is 0 Å². The van der Waals surface area contributed by atoms with E-state index < -0.39 is 45.1 Å². The lowest BCUT2D eigenvalue weighted by Crippen LogP contribution is -2.42. The molecule has 1 unspecified atom stereocenters. The number of sulfonamides is 1. The highest BCUT2D eigenvalue weighted by molar-refractivity contribution is 7.89. The lowest BCUT2D eigenvalue weighted by molar-refractivity contribution is -0.145. The van der Waals surface area contributed by atoms with E-state index in [1.54, 1.807) is 4.72 Å². The number of halogens is 2. The van der Waals surface area contributed by atoms with Crippen molar-refractivity contribution in [2.45, 2.75) is 17.4 Å². The van der Waals surface area contributed by atoms with E-state index in [0.29, 0.717) is 0 Å². The fraction of sp³-hybridized carbons (Fsp3) is 0.200. The van der Waals surface area contributed by atoms with Crippen molar-refractivity contribution >= 4 is 33.6 Å². The smallest absolute Gasteiger partial charge is 0.322 e. The number of nitrogens with one attached hydrogen (secondary N) is 1. The molecule has 1 aromatic rings. The maximum absolute atomic E-state index is 13.5. The lowest BCUT2D eigenvalue weighted by atomic mass is 10.2. The molecule has 0 saturated carbocycles. The van der Waals surface area contributed by atoms with Gasteiger partial charge in [-0.05, 0) is 18.2 Å². The standard InChI is InChI=1S/C10H9ClFNO6S/c11-5-1-2-8(6(12)3-5)20(18,19)13-7(10(16)17)4-9(14)15/h1-3,7,13H,4H2,(H,14,15)(H,16,17). The molecule has 0 aliphatic rings. The van der Waals surface area contributed by atoms with Crippen LogP contribution < -0.4 is 4.72 Å². The summed E-state index contributed by atoms with van der Waals surface area (Å²) in [5.74, 6) is -4.38. The molecule has 0 aliphatic heterocycles. The van der Waals surface area contributed by atoms with Crippen LogP contribution in [-0.2, 0) is 19.6 Å². The second kappa shape index (κ2) is 6.16. The number of carboxylic acid groups (broad SMARTS) is 2. The Balaban J connectivity index is 3.09. The maximum Gasteiger partial charge on any atom is 0.322 e. The number of carboxylic acids is 2. The predicted molar refractivity (Wildman–Crippen MR) is 65.4 cm³/mol. The first kappa shape index (κ1) is 16.3. The van der Waals surface area contributed by atoms with E-state index in [1.807, 2.05) is 0 Å². The molecule has 110 valence electrons. The minimum Gasteiger partial charge on any atom is -0.481 e. The summed E-state index contributed by atoms with van der Waals surface area (Å²) in [4.78, 5) is 20.4. The SMILES string of the molecule is O=C(O)CC(NS(=O)(=O)c1ccc(Cl)cc1F)C(=O)O. The van der Waals surface area contributed by atoms with Crippen LogP contribution in [0.1, 0.15) is 6.42 Å². The maximum atomic E-state index is 13.5. The van der Waals surface area contributed by atoms with Crippen LogP contribution in [-0.4, -0.2) is 36.6 Å². The van der Waals surface area contributed by atoms with E-state index in [4.69, 9.17) is 21.8 Å². The van der Waals surface area contributed by atoms with Crippen molar-refractivity contribution in [3.63, 3.8) is 0 Å². The number of hydrogen-bond donors (Lipinski definition) is 3. The molecule has 0 aliphatic carbocycles. The molecule has 1 rings (SSSR count). The summed E-state index contributed by atoms with van der Waals surface area (Å²) >= 11 is 5.47. The lowest BCUT2D eigenvalue weighted by Gasteiger charge is -2.13. The Hall–Kier alpha value is -1.71. The van der Waals surface area contributed by atoms with Crippen molar-refractivity contribution < 1.29 is 32.6 Å². The molecule has 0 radical (unpaired) electrons. The Bertz CT molecular complexity index is 647. The molecule has 7 nitrogen and oxygen atoms in total. The van der Waals surface area contributed by atoms with Gasteiger partial charge in [0.25, 0.3) is 0 Å². The Kier molecular flexibility index (Phi) is 5.03. The fourth-order valence-electron chi connectivity index (χ4n) is 1.30. The van der Waals surface area contributed by atoms with Crippen LogP contribution in [0.4, 0.5) is 4.39 Å². The number of benzene rings is 1. The minimum atomic E-state index is -4.53. The van der Waals surface area contributed by atoms with Gasteiger partial charge in [-0.15, -0.1) is 0 Å². The van der Waals surface area contributed by atoms with Crippen LogP contribution in [0, 0.1) is 5.82 Å². The highest BCUT2D eigenvalue weighted by Gasteiger charge is 2.29. The molecule has 0 bridgehead atoms. The van der Waals surface area contributed by atoms with Crippen molar-refractivity contribution in [2.24, 2.45) is 0 Å². The van der Waals surface area contributed by atoms with E-state index >= 15 is 0 Å². The molecule has 0 saturated heterocycles. The molecule has 10 heteroatoms. The Morgan fingerprint density at radius 1 is 1.35 bits per heavy atom. The molecule has 3 N–H and O–H groups in total. The van der Waals surface area contributed by atoms with Gasteiger partial charge in [-0.3, -0.25) is 9.59 Å². The van der Waals surface area contributed by atoms with Gasteiger partial charge in [0.2, 0.25) is 10.0 Å². The van der Waals surface area contributed by atoms with E-state index in [0.717, 1.165) is 18.2 Å². The van der Waals surface area contributed by atoms with Crippen LogP contribution in [0.3, 0.4) is 0 Å². The van der Waals surface area contributed by atoms with Gasteiger partial charge in [0, 0.05) is 5.02 Å². The summed E-state index contributed by atoms with van der Waals surface area (Å²) < 4.78 is 38.7. The summed E-state index contributed by atoms with van der Waals surface area (Å²) in [6.07, 6.45) is -0.982. The molecule has 1 atom stereocenters. The Labute approximate surface area is 118 Å². The van der Waals surface area contributed by atoms with Crippen molar-refractivity contribution in [3.8, 4) is 0 Å². The van der Waals surface area contributed by atoms with Crippen LogP contribution in [0.2, 0.25) is 5.02 Å². The second-order valence-electron chi connectivity index (χ2n) is 3.68. The zero-order chi connectivity index (χ0) is 15.5. The molecule has 0 amide bonds. The minimum absolute atomic E-state index is 0.0400. The van der Waals surface area contributed by atoms with Crippen molar-refractivity contribution in [3.05, 3.63) is 29.0 Å². The van der Waals surface area contributed by atoms with E-state index in [2.05, 4.69) is 0 Å². The van der Waals surface area contributed by atoms with Crippen molar-refractivity contribution in [1.82, 2.24) is 4.72 Å². The third kappa shape index (κ3) is 4.15. The van der Waals surface area contributed by atoms with Gasteiger partial charge in [-0.2, -0.15) is 4.72 Å². The molecule has 0 heterocycles. The largest absolute Gasteiger partial charge is 0.481 e. The van der Waals surface area contributed by atoms with Crippen molar-refractivity contribution in [2.75, 3.05) is 0 Å². The van der Waals surface area contributed by atoms with Gasteiger partial charge in [0.15, 0.2) is 0 Å². The predicted octanol–water partition coefficient (Wildman–Crippen LogP) is 0.685. The first-order valence-electron chi connectivity index (χ1n) is 5.05. The van der Waals surface area contributed by atoms with Gasteiger partial charge in [0.05, 0.1) is 6.42 Å². The monoisotopic (exact) mass is 325 g/mol. The molecule has 0 fully saturated rings. The zero-order valence-electron chi connectivity index (χ0n) is 9.71. The molecule has 0 aromatic heterocycles. The average Bonchev–Trinajstić information content (AvgIpc) is 2.26. The molecular formula is C10H9ClFNO6S. The van der Waals surface area contributed by atoms with Crippen LogP contribution in [0.25, 0.3) is 0 Å². The van der Waals surface area contributed by atoms with Gasteiger partial charge >= 0.3 is 11.9 Å². The highest BCUT2D eigenvalue weighted by Crippen LogP contribution is 2.19. The highest BCUT2D eigenvalue weighted by atomic mass is 35.5. The number of carbonyl (C=O) groups is 2. The summed E-state index contributed by atoms with van der Waals surface area (Å²) in [6, 6.07) is 0.780.